The molecule has 0 aromatic carbocycles. The highest BCUT2D eigenvalue weighted by molar-refractivity contribution is 5.82. The van der Waals surface area contributed by atoms with Gasteiger partial charge in [0.15, 0.2) is 0 Å². The van der Waals surface area contributed by atoms with Crippen LogP contribution in [0.2, 0.25) is 0 Å². The molecule has 0 radical (unpaired) electrons. The SMILES string of the molecule is CCCCCCCCCCCCCCCCCCNC(=O)C(COC(=O)C(C)(CC)CC(C)(C)OC(C)(C)CCOC(C)(C)CC)NCCCCCCCCCCCCCCCCCC. The van der Waals surface area contributed by atoms with Crippen LogP contribution >= 0.6 is 0 Å². The van der Waals surface area contributed by atoms with Crippen molar-refractivity contribution in [1.82, 2.24) is 10.6 Å². The van der Waals surface area contributed by atoms with Gasteiger partial charge in [-0.3, -0.25) is 9.59 Å². The van der Waals surface area contributed by atoms with Gasteiger partial charge < -0.3 is 24.8 Å². The zero-order valence-corrected chi connectivity index (χ0v) is 45.9. The van der Waals surface area contributed by atoms with Crippen molar-refractivity contribution in [3.8, 4) is 0 Å². The van der Waals surface area contributed by atoms with E-state index in [0.29, 0.717) is 26.0 Å². The van der Waals surface area contributed by atoms with Crippen LogP contribution in [0.5, 0.6) is 0 Å². The minimum Gasteiger partial charge on any atom is -0.463 e. The van der Waals surface area contributed by atoms with Crippen LogP contribution in [0.25, 0.3) is 0 Å². The van der Waals surface area contributed by atoms with E-state index >= 15 is 0 Å². The first kappa shape index (κ1) is 63.8. The lowest BCUT2D eigenvalue weighted by atomic mass is 9.77. The number of esters is 1. The zero-order chi connectivity index (χ0) is 48.6. The molecule has 0 aromatic heterocycles. The Hall–Kier alpha value is -1.18. The summed E-state index contributed by atoms with van der Waals surface area (Å²) in [5.74, 6) is -0.324. The molecule has 388 valence electrons. The molecule has 0 heterocycles. The van der Waals surface area contributed by atoms with Gasteiger partial charge in [0.25, 0.3) is 0 Å². The van der Waals surface area contributed by atoms with Crippen molar-refractivity contribution in [2.75, 3.05) is 26.3 Å². The smallest absolute Gasteiger partial charge is 0.311 e. The maximum Gasteiger partial charge on any atom is 0.311 e. The number of rotatable bonds is 49. The van der Waals surface area contributed by atoms with Crippen molar-refractivity contribution in [3.63, 3.8) is 0 Å². The predicted octanol–water partition coefficient (Wildman–Crippen LogP) is 17.1. The van der Waals surface area contributed by atoms with Gasteiger partial charge in [-0.15, -0.1) is 0 Å². The molecule has 0 aliphatic rings. The summed E-state index contributed by atoms with van der Waals surface area (Å²) in [4.78, 5) is 27.5. The Kier molecular flexibility index (Phi) is 39.9. The Morgan fingerprint density at radius 1 is 0.446 bits per heavy atom. The normalized spacial score (nSPS) is 13.8. The van der Waals surface area contributed by atoms with Crippen LogP contribution in [0.15, 0.2) is 0 Å². The summed E-state index contributed by atoms with van der Waals surface area (Å²) in [6, 6.07) is -0.562. The number of nitrogens with one attached hydrogen (secondary N) is 2. The van der Waals surface area contributed by atoms with Gasteiger partial charge in [0, 0.05) is 6.54 Å². The van der Waals surface area contributed by atoms with Crippen LogP contribution in [0.4, 0.5) is 0 Å². The minimum atomic E-state index is -0.747. The third-order valence-corrected chi connectivity index (χ3v) is 14.1. The van der Waals surface area contributed by atoms with Gasteiger partial charge in [0.2, 0.25) is 5.91 Å². The zero-order valence-electron chi connectivity index (χ0n) is 45.9. The molecule has 0 aromatic rings. The van der Waals surface area contributed by atoms with Gasteiger partial charge in [-0.25, -0.2) is 0 Å². The van der Waals surface area contributed by atoms with E-state index < -0.39 is 22.7 Å². The summed E-state index contributed by atoms with van der Waals surface area (Å²) < 4.78 is 18.9. The van der Waals surface area contributed by atoms with Crippen LogP contribution in [0, 0.1) is 5.41 Å². The van der Waals surface area contributed by atoms with Crippen molar-refractivity contribution in [2.24, 2.45) is 5.41 Å². The van der Waals surface area contributed by atoms with E-state index in [-0.39, 0.29) is 24.1 Å². The molecule has 0 fully saturated rings. The van der Waals surface area contributed by atoms with Crippen molar-refractivity contribution in [2.45, 2.75) is 330 Å². The third kappa shape index (κ3) is 38.4. The van der Waals surface area contributed by atoms with E-state index in [9.17, 15) is 9.59 Å². The fourth-order valence-corrected chi connectivity index (χ4v) is 9.31. The summed E-state index contributed by atoms with van der Waals surface area (Å²) in [5, 5.41) is 6.67. The Bertz CT molecular complexity index is 1090. The summed E-state index contributed by atoms with van der Waals surface area (Å²) in [6.45, 7) is 25.4. The molecule has 0 aliphatic heterocycles. The quantitative estimate of drug-likeness (QED) is 0.0467. The Morgan fingerprint density at radius 3 is 1.18 bits per heavy atom. The molecule has 7 nitrogen and oxygen atoms in total. The standard InChI is InChI=1S/C58H116N2O5/c1-12-16-18-20-22-24-26-28-30-32-34-36-38-40-42-44-47-59-52(53(61)60-48-45-43-41-39-37-35-33-31-29-27-25-23-21-19-17-13-2)50-63-54(62)58(11,15-4)51-57(9,10)65-56(7,8)46-49-64-55(5,6)14-3/h52,59H,12-51H2,1-11H3,(H,60,61). The highest BCUT2D eigenvalue weighted by Gasteiger charge is 2.42. The molecule has 65 heavy (non-hydrogen) atoms. The van der Waals surface area contributed by atoms with Gasteiger partial charge >= 0.3 is 5.97 Å². The van der Waals surface area contributed by atoms with Gasteiger partial charge in [-0.2, -0.15) is 0 Å². The second-order valence-electron chi connectivity index (χ2n) is 22.4. The van der Waals surface area contributed by atoms with E-state index in [0.717, 1.165) is 45.1 Å². The highest BCUT2D eigenvalue weighted by atomic mass is 16.5. The molecule has 0 saturated heterocycles. The number of unbranched alkanes of at least 4 members (excludes halogenated alkanes) is 30. The van der Waals surface area contributed by atoms with E-state index in [2.05, 4.69) is 72.9 Å². The molecular weight excluding hydrogens is 805 g/mol. The summed E-state index contributed by atoms with van der Waals surface area (Å²) in [5.41, 5.74) is -1.89. The average molecular weight is 922 g/mol. The van der Waals surface area contributed by atoms with Gasteiger partial charge in [0.1, 0.15) is 12.6 Å². The second-order valence-corrected chi connectivity index (χ2v) is 22.4. The maximum absolute atomic E-state index is 13.9. The van der Waals surface area contributed by atoms with Gasteiger partial charge in [-0.05, 0) is 93.5 Å². The highest BCUT2D eigenvalue weighted by Crippen LogP contribution is 2.38. The van der Waals surface area contributed by atoms with E-state index in [1.165, 1.54) is 180 Å². The molecule has 0 saturated carbocycles. The molecule has 2 unspecified atom stereocenters. The van der Waals surface area contributed by atoms with Crippen LogP contribution in [-0.2, 0) is 23.8 Å². The molecule has 0 bridgehead atoms. The van der Waals surface area contributed by atoms with Crippen molar-refractivity contribution in [1.29, 1.82) is 0 Å². The van der Waals surface area contributed by atoms with Crippen molar-refractivity contribution < 1.29 is 23.8 Å². The Balaban J connectivity index is 4.88. The summed E-state index contributed by atoms with van der Waals surface area (Å²) in [6.07, 6.45) is 45.5. The third-order valence-electron chi connectivity index (χ3n) is 14.1. The molecule has 0 rings (SSSR count). The first-order chi connectivity index (χ1) is 31.1. The first-order valence-electron chi connectivity index (χ1n) is 28.6. The number of amides is 1. The van der Waals surface area contributed by atoms with Crippen LogP contribution < -0.4 is 10.6 Å². The summed E-state index contributed by atoms with van der Waals surface area (Å²) >= 11 is 0. The first-order valence-corrected chi connectivity index (χ1v) is 28.6. The maximum atomic E-state index is 13.9. The van der Waals surface area contributed by atoms with Crippen LogP contribution in [0.1, 0.15) is 307 Å². The predicted molar refractivity (Wildman–Crippen MR) is 282 cm³/mol. The van der Waals surface area contributed by atoms with E-state index in [1.807, 2.05) is 13.8 Å². The largest absolute Gasteiger partial charge is 0.463 e. The molecule has 0 aliphatic carbocycles. The molecule has 1 amide bonds. The number of hydrogen-bond donors (Lipinski definition) is 2. The molecule has 0 spiro atoms. The average Bonchev–Trinajstić information content (AvgIpc) is 3.25. The number of hydrogen-bond acceptors (Lipinski definition) is 6. The Labute approximate surface area is 406 Å². The number of carbonyl (C=O) groups is 2. The van der Waals surface area contributed by atoms with E-state index in [1.54, 1.807) is 0 Å². The topological polar surface area (TPSA) is 85.9 Å². The van der Waals surface area contributed by atoms with Crippen LogP contribution in [-0.4, -0.2) is 61.0 Å². The lowest BCUT2D eigenvalue weighted by Gasteiger charge is -2.41. The summed E-state index contributed by atoms with van der Waals surface area (Å²) in [7, 11) is 0. The van der Waals surface area contributed by atoms with Gasteiger partial charge in [-0.1, -0.05) is 220 Å². The van der Waals surface area contributed by atoms with Crippen molar-refractivity contribution >= 4 is 11.9 Å². The lowest BCUT2D eigenvalue weighted by Crippen LogP contribution is -2.49. The van der Waals surface area contributed by atoms with Crippen molar-refractivity contribution in [3.05, 3.63) is 0 Å². The number of carbonyl (C=O) groups excluding carboxylic acids is 2. The number of ether oxygens (including phenoxy) is 3. The van der Waals surface area contributed by atoms with Gasteiger partial charge in [0.05, 0.1) is 28.8 Å². The fraction of sp³-hybridized carbons (Fsp3) is 0.966. The minimum absolute atomic E-state index is 0.0371. The molecule has 2 atom stereocenters. The Morgan fingerprint density at radius 2 is 0.815 bits per heavy atom. The fourth-order valence-electron chi connectivity index (χ4n) is 9.31. The lowest BCUT2D eigenvalue weighted by molar-refractivity contribution is -0.174. The molecular formula is C58H116N2O5. The monoisotopic (exact) mass is 921 g/mol. The second kappa shape index (κ2) is 40.7. The van der Waals surface area contributed by atoms with E-state index in [4.69, 9.17) is 14.2 Å². The van der Waals surface area contributed by atoms with Crippen LogP contribution in [0.3, 0.4) is 0 Å². The molecule has 7 heteroatoms. The molecule has 2 N–H and O–H groups in total.